The van der Waals surface area contributed by atoms with E-state index in [1.807, 2.05) is 0 Å². The summed E-state index contributed by atoms with van der Waals surface area (Å²) < 4.78 is 0. The number of fused-ring (bicyclic) bond motifs is 1. The van der Waals surface area contributed by atoms with Crippen molar-refractivity contribution in [2.75, 3.05) is 5.32 Å². The van der Waals surface area contributed by atoms with Gasteiger partial charge in [-0.3, -0.25) is 4.79 Å². The third kappa shape index (κ3) is 1.83. The predicted octanol–water partition coefficient (Wildman–Crippen LogP) is 0.770. The smallest absolute Gasteiger partial charge is 0.241 e. The molecule has 4 nitrogen and oxygen atoms in total. The maximum Gasteiger partial charge on any atom is 0.241 e. The van der Waals surface area contributed by atoms with E-state index in [0.717, 1.165) is 17.7 Å². The fraction of sp³-hybridized carbons (Fsp3) is 0.273. The Morgan fingerprint density at radius 1 is 1.53 bits per heavy atom. The highest BCUT2D eigenvalue weighted by Crippen LogP contribution is 2.22. The van der Waals surface area contributed by atoms with Gasteiger partial charge in [0, 0.05) is 5.69 Å². The SMILES string of the molecule is N#Cc1ccc2c(c1)CCC(N)C(=O)N2. The van der Waals surface area contributed by atoms with Crippen molar-refractivity contribution in [2.24, 2.45) is 5.73 Å². The van der Waals surface area contributed by atoms with Crippen LogP contribution in [0.3, 0.4) is 0 Å². The van der Waals surface area contributed by atoms with E-state index in [-0.39, 0.29) is 5.91 Å². The van der Waals surface area contributed by atoms with E-state index in [0.29, 0.717) is 12.0 Å². The van der Waals surface area contributed by atoms with Crippen molar-refractivity contribution in [3.8, 4) is 6.07 Å². The summed E-state index contributed by atoms with van der Waals surface area (Å²) in [6.45, 7) is 0. The normalized spacial score (nSPS) is 19.7. The van der Waals surface area contributed by atoms with Crippen LogP contribution in [-0.4, -0.2) is 11.9 Å². The lowest BCUT2D eigenvalue weighted by atomic mass is 10.0. The number of nitrogens with one attached hydrogen (secondary N) is 1. The Kier molecular flexibility index (Phi) is 2.40. The van der Waals surface area contributed by atoms with E-state index in [9.17, 15) is 4.79 Å². The molecule has 0 saturated carbocycles. The molecule has 0 aliphatic carbocycles. The van der Waals surface area contributed by atoms with Crippen LogP contribution in [0.4, 0.5) is 5.69 Å². The van der Waals surface area contributed by atoms with Gasteiger partial charge in [0.05, 0.1) is 17.7 Å². The molecule has 3 N–H and O–H groups in total. The lowest BCUT2D eigenvalue weighted by Crippen LogP contribution is -2.34. The second-order valence-electron chi connectivity index (χ2n) is 3.62. The largest absolute Gasteiger partial charge is 0.324 e. The molecule has 76 valence electrons. The molecule has 1 amide bonds. The molecule has 1 heterocycles. The zero-order valence-electron chi connectivity index (χ0n) is 8.16. The number of nitrogens with two attached hydrogens (primary N) is 1. The Morgan fingerprint density at radius 2 is 2.33 bits per heavy atom. The van der Waals surface area contributed by atoms with Gasteiger partial charge in [0.1, 0.15) is 0 Å². The van der Waals surface area contributed by atoms with Gasteiger partial charge < -0.3 is 11.1 Å². The maximum absolute atomic E-state index is 11.4. The zero-order valence-corrected chi connectivity index (χ0v) is 8.16. The summed E-state index contributed by atoms with van der Waals surface area (Å²) in [6.07, 6.45) is 1.35. The van der Waals surface area contributed by atoms with Gasteiger partial charge >= 0.3 is 0 Å². The Balaban J connectivity index is 2.39. The number of hydrogen-bond donors (Lipinski definition) is 2. The highest BCUT2D eigenvalue weighted by atomic mass is 16.2. The summed E-state index contributed by atoms with van der Waals surface area (Å²) in [6, 6.07) is 6.86. The molecule has 2 rings (SSSR count). The molecular formula is C11H11N3O. The van der Waals surface area contributed by atoms with Crippen LogP contribution in [0.25, 0.3) is 0 Å². The summed E-state index contributed by atoms with van der Waals surface area (Å²) in [7, 11) is 0. The van der Waals surface area contributed by atoms with Gasteiger partial charge in [-0.1, -0.05) is 0 Å². The van der Waals surface area contributed by atoms with E-state index < -0.39 is 6.04 Å². The highest BCUT2D eigenvalue weighted by Gasteiger charge is 2.19. The first kappa shape index (κ1) is 9.69. The van der Waals surface area contributed by atoms with Crippen LogP contribution in [0.15, 0.2) is 18.2 Å². The standard InChI is InChI=1S/C11H11N3O/c12-6-7-1-4-10-8(5-7)2-3-9(13)11(15)14-10/h1,4-5,9H,2-3,13H2,(H,14,15). The molecule has 15 heavy (non-hydrogen) atoms. The molecule has 0 bridgehead atoms. The van der Waals surface area contributed by atoms with Gasteiger partial charge in [0.2, 0.25) is 5.91 Å². The molecule has 0 fully saturated rings. The average molecular weight is 201 g/mol. The van der Waals surface area contributed by atoms with Crippen molar-refractivity contribution in [3.05, 3.63) is 29.3 Å². The number of nitriles is 1. The van der Waals surface area contributed by atoms with Gasteiger partial charge in [-0.2, -0.15) is 5.26 Å². The number of carbonyl (C=O) groups is 1. The average Bonchev–Trinajstić information content (AvgIpc) is 2.39. The van der Waals surface area contributed by atoms with Gasteiger partial charge in [0.25, 0.3) is 0 Å². The molecule has 1 aromatic rings. The first-order chi connectivity index (χ1) is 7.20. The lowest BCUT2D eigenvalue weighted by molar-refractivity contribution is -0.117. The molecule has 1 aromatic carbocycles. The van der Waals surface area contributed by atoms with E-state index >= 15 is 0 Å². The lowest BCUT2D eigenvalue weighted by Gasteiger charge is -2.06. The number of carbonyl (C=O) groups excluding carboxylic acids is 1. The third-order valence-corrected chi connectivity index (χ3v) is 2.55. The molecule has 1 aliphatic rings. The fourth-order valence-electron chi connectivity index (χ4n) is 1.66. The van der Waals surface area contributed by atoms with E-state index in [1.165, 1.54) is 0 Å². The minimum Gasteiger partial charge on any atom is -0.324 e. The van der Waals surface area contributed by atoms with Crippen LogP contribution in [0.1, 0.15) is 17.5 Å². The maximum atomic E-state index is 11.4. The van der Waals surface area contributed by atoms with E-state index in [4.69, 9.17) is 11.0 Å². The minimum atomic E-state index is -0.456. The van der Waals surface area contributed by atoms with Crippen LogP contribution < -0.4 is 11.1 Å². The van der Waals surface area contributed by atoms with Crippen LogP contribution in [0.2, 0.25) is 0 Å². The number of anilines is 1. The summed E-state index contributed by atoms with van der Waals surface area (Å²) in [5.41, 5.74) is 8.01. The Labute approximate surface area is 87.7 Å². The second kappa shape index (κ2) is 3.71. The number of amides is 1. The minimum absolute atomic E-state index is 0.154. The van der Waals surface area contributed by atoms with E-state index in [2.05, 4.69) is 11.4 Å². The molecule has 1 atom stereocenters. The quantitative estimate of drug-likeness (QED) is 0.650. The summed E-state index contributed by atoms with van der Waals surface area (Å²) in [5.74, 6) is -0.154. The van der Waals surface area contributed by atoms with Crippen molar-refractivity contribution in [1.82, 2.24) is 0 Å². The van der Waals surface area contributed by atoms with Crippen molar-refractivity contribution in [2.45, 2.75) is 18.9 Å². The fourth-order valence-corrected chi connectivity index (χ4v) is 1.66. The molecule has 0 radical (unpaired) electrons. The second-order valence-corrected chi connectivity index (χ2v) is 3.62. The number of benzene rings is 1. The van der Waals surface area contributed by atoms with Crippen molar-refractivity contribution >= 4 is 11.6 Å². The predicted molar refractivity (Wildman–Crippen MR) is 56.1 cm³/mol. The Morgan fingerprint density at radius 3 is 3.07 bits per heavy atom. The van der Waals surface area contributed by atoms with Crippen molar-refractivity contribution < 1.29 is 4.79 Å². The number of hydrogen-bond acceptors (Lipinski definition) is 3. The highest BCUT2D eigenvalue weighted by molar-refractivity contribution is 5.96. The number of rotatable bonds is 0. The molecular weight excluding hydrogens is 190 g/mol. The Hall–Kier alpha value is -1.86. The first-order valence-corrected chi connectivity index (χ1v) is 4.80. The number of aryl methyl sites for hydroxylation is 1. The van der Waals surface area contributed by atoms with Crippen LogP contribution in [0.5, 0.6) is 0 Å². The molecule has 0 spiro atoms. The van der Waals surface area contributed by atoms with Crippen molar-refractivity contribution in [1.29, 1.82) is 5.26 Å². The Bertz CT molecular complexity index is 448. The number of nitrogens with zero attached hydrogens (tertiary/aromatic N) is 1. The van der Waals surface area contributed by atoms with Crippen molar-refractivity contribution in [3.63, 3.8) is 0 Å². The molecule has 4 heteroatoms. The molecule has 1 aliphatic heterocycles. The summed E-state index contributed by atoms with van der Waals surface area (Å²) >= 11 is 0. The van der Waals surface area contributed by atoms with Gasteiger partial charge in [0.15, 0.2) is 0 Å². The van der Waals surface area contributed by atoms with E-state index in [1.54, 1.807) is 18.2 Å². The van der Waals surface area contributed by atoms with Crippen LogP contribution >= 0.6 is 0 Å². The molecule has 0 aromatic heterocycles. The topological polar surface area (TPSA) is 78.9 Å². The van der Waals surface area contributed by atoms with Crippen LogP contribution in [-0.2, 0) is 11.2 Å². The summed E-state index contributed by atoms with van der Waals surface area (Å²) in [5, 5.41) is 11.5. The first-order valence-electron chi connectivity index (χ1n) is 4.80. The molecule has 0 saturated heterocycles. The van der Waals surface area contributed by atoms with Gasteiger partial charge in [-0.25, -0.2) is 0 Å². The molecule has 1 unspecified atom stereocenters. The van der Waals surface area contributed by atoms with Gasteiger partial charge in [-0.15, -0.1) is 0 Å². The van der Waals surface area contributed by atoms with Crippen LogP contribution in [0, 0.1) is 11.3 Å². The monoisotopic (exact) mass is 201 g/mol. The summed E-state index contributed by atoms with van der Waals surface area (Å²) in [4.78, 5) is 11.4. The zero-order chi connectivity index (χ0) is 10.8. The van der Waals surface area contributed by atoms with Gasteiger partial charge in [-0.05, 0) is 36.6 Å². The third-order valence-electron chi connectivity index (χ3n) is 2.55.